The molecule has 2 amide bonds. The van der Waals surface area contributed by atoms with E-state index in [0.29, 0.717) is 17.7 Å². The average Bonchev–Trinajstić information content (AvgIpc) is 2.45. The molecular formula is C16H21FN2O4. The van der Waals surface area contributed by atoms with Crippen molar-refractivity contribution in [2.45, 2.75) is 33.2 Å². The molecule has 0 spiro atoms. The van der Waals surface area contributed by atoms with Crippen LogP contribution in [-0.4, -0.2) is 35.6 Å². The van der Waals surface area contributed by atoms with Crippen molar-refractivity contribution < 1.29 is 23.9 Å². The van der Waals surface area contributed by atoms with E-state index in [1.54, 1.807) is 13.0 Å². The molecule has 0 aliphatic rings. The maximum Gasteiger partial charge on any atom is 0.328 e. The van der Waals surface area contributed by atoms with Gasteiger partial charge in [-0.2, -0.15) is 0 Å². The molecule has 0 bridgehead atoms. The highest BCUT2D eigenvalue weighted by Crippen LogP contribution is 2.17. The standard InChI is InChI=1S/C16H21FN2O4/c1-9(2)6-14(20)18-12-5-4-11(7-10(12)3)15(21)19-13(8-17)16(22)23/h4-5,7,9,13H,6,8H2,1-3H3,(H,18,20)(H,19,21)(H,22,23). The average molecular weight is 324 g/mol. The summed E-state index contributed by atoms with van der Waals surface area (Å²) >= 11 is 0. The number of carbonyl (C=O) groups excluding carboxylic acids is 2. The number of hydrogen-bond donors (Lipinski definition) is 3. The molecule has 1 unspecified atom stereocenters. The molecule has 0 aliphatic heterocycles. The van der Waals surface area contributed by atoms with Gasteiger partial charge >= 0.3 is 5.97 Å². The predicted octanol–water partition coefficient (Wildman–Crippen LogP) is 2.13. The van der Waals surface area contributed by atoms with E-state index < -0.39 is 24.6 Å². The van der Waals surface area contributed by atoms with Crippen LogP contribution in [0.4, 0.5) is 10.1 Å². The molecule has 7 heteroatoms. The monoisotopic (exact) mass is 324 g/mol. The fourth-order valence-corrected chi connectivity index (χ4v) is 1.93. The van der Waals surface area contributed by atoms with Crippen molar-refractivity contribution in [3.05, 3.63) is 29.3 Å². The first-order valence-corrected chi connectivity index (χ1v) is 7.24. The Morgan fingerprint density at radius 1 is 1.26 bits per heavy atom. The fraction of sp³-hybridized carbons (Fsp3) is 0.438. The minimum Gasteiger partial charge on any atom is -0.480 e. The zero-order valence-corrected chi connectivity index (χ0v) is 13.4. The van der Waals surface area contributed by atoms with Crippen molar-refractivity contribution in [2.24, 2.45) is 5.92 Å². The van der Waals surface area contributed by atoms with Crippen molar-refractivity contribution in [1.29, 1.82) is 0 Å². The van der Waals surface area contributed by atoms with Gasteiger partial charge < -0.3 is 15.7 Å². The van der Waals surface area contributed by atoms with E-state index in [0.717, 1.165) is 0 Å². The minimum absolute atomic E-state index is 0.122. The Hall–Kier alpha value is -2.44. The Kier molecular flexibility index (Phi) is 6.68. The third kappa shape index (κ3) is 5.69. The third-order valence-corrected chi connectivity index (χ3v) is 3.11. The van der Waals surface area contributed by atoms with Gasteiger partial charge in [0.15, 0.2) is 6.04 Å². The third-order valence-electron chi connectivity index (χ3n) is 3.11. The summed E-state index contributed by atoms with van der Waals surface area (Å²) in [6.45, 7) is 4.39. The molecule has 1 atom stereocenters. The van der Waals surface area contributed by atoms with Crippen LogP contribution >= 0.6 is 0 Å². The SMILES string of the molecule is Cc1cc(C(=O)NC(CF)C(=O)O)ccc1NC(=O)CC(C)C. The molecule has 126 valence electrons. The molecule has 0 aliphatic carbocycles. The van der Waals surface area contributed by atoms with Crippen LogP contribution < -0.4 is 10.6 Å². The van der Waals surface area contributed by atoms with E-state index in [2.05, 4.69) is 10.6 Å². The number of carboxylic acids is 1. The molecular weight excluding hydrogens is 303 g/mol. The van der Waals surface area contributed by atoms with Crippen molar-refractivity contribution in [1.82, 2.24) is 5.32 Å². The maximum atomic E-state index is 12.5. The Balaban J connectivity index is 2.81. The van der Waals surface area contributed by atoms with Crippen LogP contribution in [0.2, 0.25) is 0 Å². The van der Waals surface area contributed by atoms with Crippen LogP contribution in [0.1, 0.15) is 36.2 Å². The van der Waals surface area contributed by atoms with Crippen molar-refractivity contribution in [2.75, 3.05) is 12.0 Å². The summed E-state index contributed by atoms with van der Waals surface area (Å²) in [5.74, 6) is -2.01. The smallest absolute Gasteiger partial charge is 0.328 e. The number of rotatable bonds is 7. The normalized spacial score (nSPS) is 11.9. The maximum absolute atomic E-state index is 12.5. The molecule has 0 fully saturated rings. The number of amides is 2. The van der Waals surface area contributed by atoms with E-state index in [1.807, 2.05) is 13.8 Å². The van der Waals surface area contributed by atoms with Gasteiger partial charge in [-0.05, 0) is 36.6 Å². The Bertz CT molecular complexity index is 602. The lowest BCUT2D eigenvalue weighted by atomic mass is 10.1. The van der Waals surface area contributed by atoms with Crippen LogP contribution in [0.15, 0.2) is 18.2 Å². The highest BCUT2D eigenvalue weighted by Gasteiger charge is 2.20. The molecule has 0 saturated heterocycles. The van der Waals surface area contributed by atoms with Gasteiger partial charge in [0.1, 0.15) is 6.67 Å². The lowest BCUT2D eigenvalue weighted by Crippen LogP contribution is -2.42. The lowest BCUT2D eigenvalue weighted by molar-refractivity contribution is -0.139. The Morgan fingerprint density at radius 2 is 1.91 bits per heavy atom. The highest BCUT2D eigenvalue weighted by atomic mass is 19.1. The molecule has 6 nitrogen and oxygen atoms in total. The van der Waals surface area contributed by atoms with E-state index in [4.69, 9.17) is 5.11 Å². The molecule has 1 aromatic carbocycles. The fourth-order valence-electron chi connectivity index (χ4n) is 1.93. The second-order valence-electron chi connectivity index (χ2n) is 5.69. The summed E-state index contributed by atoms with van der Waals surface area (Å²) in [5, 5.41) is 13.6. The van der Waals surface area contributed by atoms with Gasteiger partial charge in [-0.1, -0.05) is 13.8 Å². The number of alkyl halides is 1. The molecule has 3 N–H and O–H groups in total. The summed E-state index contributed by atoms with van der Waals surface area (Å²) in [4.78, 5) is 34.4. The van der Waals surface area contributed by atoms with E-state index >= 15 is 0 Å². The summed E-state index contributed by atoms with van der Waals surface area (Å²) in [6, 6.07) is 2.95. The van der Waals surface area contributed by atoms with E-state index in [-0.39, 0.29) is 17.4 Å². The number of anilines is 1. The first-order chi connectivity index (χ1) is 10.7. The second kappa shape index (κ2) is 8.26. The van der Waals surface area contributed by atoms with Gasteiger partial charge in [0.05, 0.1) is 0 Å². The largest absolute Gasteiger partial charge is 0.480 e. The van der Waals surface area contributed by atoms with Crippen LogP contribution in [0.25, 0.3) is 0 Å². The molecule has 0 heterocycles. The zero-order valence-electron chi connectivity index (χ0n) is 13.4. The Morgan fingerprint density at radius 3 is 2.39 bits per heavy atom. The number of nitrogens with one attached hydrogen (secondary N) is 2. The molecule has 1 aromatic rings. The van der Waals surface area contributed by atoms with Gasteiger partial charge in [0.2, 0.25) is 5.91 Å². The van der Waals surface area contributed by atoms with Gasteiger partial charge in [-0.3, -0.25) is 9.59 Å². The van der Waals surface area contributed by atoms with Crippen LogP contribution in [0, 0.1) is 12.8 Å². The zero-order chi connectivity index (χ0) is 17.6. The number of benzene rings is 1. The van der Waals surface area contributed by atoms with Gasteiger partial charge in [-0.15, -0.1) is 0 Å². The van der Waals surface area contributed by atoms with Gasteiger partial charge in [0, 0.05) is 17.7 Å². The molecule has 0 aromatic heterocycles. The van der Waals surface area contributed by atoms with Crippen molar-refractivity contribution in [3.8, 4) is 0 Å². The molecule has 1 rings (SSSR count). The summed E-state index contributed by atoms with van der Waals surface area (Å²) < 4.78 is 12.5. The lowest BCUT2D eigenvalue weighted by Gasteiger charge is -2.13. The van der Waals surface area contributed by atoms with Crippen molar-refractivity contribution >= 4 is 23.5 Å². The van der Waals surface area contributed by atoms with Crippen molar-refractivity contribution in [3.63, 3.8) is 0 Å². The number of hydrogen-bond acceptors (Lipinski definition) is 3. The highest BCUT2D eigenvalue weighted by molar-refractivity contribution is 5.98. The summed E-state index contributed by atoms with van der Waals surface area (Å²) in [7, 11) is 0. The van der Waals surface area contributed by atoms with E-state index in [1.165, 1.54) is 12.1 Å². The second-order valence-corrected chi connectivity index (χ2v) is 5.69. The van der Waals surface area contributed by atoms with Gasteiger partial charge in [0.25, 0.3) is 5.91 Å². The number of aliphatic carboxylic acids is 1. The quantitative estimate of drug-likeness (QED) is 0.716. The first-order valence-electron chi connectivity index (χ1n) is 7.24. The predicted molar refractivity (Wildman–Crippen MR) is 84.1 cm³/mol. The van der Waals surface area contributed by atoms with Crippen LogP contribution in [0.3, 0.4) is 0 Å². The number of carboxylic acid groups (broad SMARTS) is 1. The molecule has 23 heavy (non-hydrogen) atoms. The van der Waals surface area contributed by atoms with Crippen LogP contribution in [-0.2, 0) is 9.59 Å². The molecule has 0 radical (unpaired) electrons. The summed E-state index contributed by atoms with van der Waals surface area (Å²) in [5.41, 5.74) is 1.43. The summed E-state index contributed by atoms with van der Waals surface area (Å²) in [6.07, 6.45) is 0.387. The molecule has 0 saturated carbocycles. The number of halogens is 1. The van der Waals surface area contributed by atoms with Gasteiger partial charge in [-0.25, -0.2) is 9.18 Å². The van der Waals surface area contributed by atoms with E-state index in [9.17, 15) is 18.8 Å². The minimum atomic E-state index is -1.58. The topological polar surface area (TPSA) is 95.5 Å². The number of carbonyl (C=O) groups is 3. The Labute approximate surface area is 134 Å². The first kappa shape index (κ1) is 18.6. The number of aryl methyl sites for hydroxylation is 1. The van der Waals surface area contributed by atoms with Crippen LogP contribution in [0.5, 0.6) is 0 Å².